The minimum Gasteiger partial charge on any atom is -0.486 e. The molecule has 3 aromatic carbocycles. The average molecular weight is 529 g/mol. The lowest BCUT2D eigenvalue weighted by atomic mass is 9.88. The molecule has 1 amide bonds. The molecule has 1 aliphatic carbocycles. The van der Waals surface area contributed by atoms with Crippen molar-refractivity contribution in [2.45, 2.75) is 12.8 Å². The topological polar surface area (TPSA) is 85.7 Å². The molecule has 0 bridgehead atoms. The summed E-state index contributed by atoms with van der Waals surface area (Å²) in [5.41, 5.74) is 6.78. The van der Waals surface area contributed by atoms with Crippen LogP contribution in [-0.4, -0.2) is 49.3 Å². The van der Waals surface area contributed by atoms with E-state index in [9.17, 15) is 9.59 Å². The lowest BCUT2D eigenvalue weighted by Gasteiger charge is -2.22. The lowest BCUT2D eigenvalue weighted by Crippen LogP contribution is -2.16. The van der Waals surface area contributed by atoms with Crippen molar-refractivity contribution in [3.05, 3.63) is 82.0 Å². The summed E-state index contributed by atoms with van der Waals surface area (Å²) in [7, 11) is 3.81. The molecule has 0 atom stereocenters. The maximum Gasteiger partial charge on any atom is 0.257 e. The van der Waals surface area contributed by atoms with Crippen LogP contribution in [0.2, 0.25) is 5.02 Å². The molecule has 0 fully saturated rings. The van der Waals surface area contributed by atoms with Crippen LogP contribution in [0.3, 0.4) is 0 Å². The molecule has 1 N–H and O–H groups in total. The number of nitrogens with one attached hydrogen (secondary N) is 1. The molecular formula is C29H25ClN4O4. The fourth-order valence-corrected chi connectivity index (χ4v) is 5.16. The van der Waals surface area contributed by atoms with Crippen LogP contribution in [-0.2, 0) is 12.8 Å². The fourth-order valence-electron chi connectivity index (χ4n) is 4.95. The van der Waals surface area contributed by atoms with Gasteiger partial charge in [-0.05, 0) is 60.9 Å². The fraction of sp³-hybridized carbons (Fsp3) is 0.207. The molecule has 0 saturated carbocycles. The third-order valence-corrected chi connectivity index (χ3v) is 7.20. The highest BCUT2D eigenvalue weighted by atomic mass is 35.5. The first-order valence-electron chi connectivity index (χ1n) is 12.3. The van der Waals surface area contributed by atoms with Gasteiger partial charge in [0.1, 0.15) is 18.9 Å². The highest BCUT2D eigenvalue weighted by molar-refractivity contribution is 6.34. The number of nitrogens with zero attached hydrogens (tertiary/aromatic N) is 3. The third-order valence-electron chi connectivity index (χ3n) is 6.87. The van der Waals surface area contributed by atoms with Crippen LogP contribution >= 0.6 is 11.6 Å². The van der Waals surface area contributed by atoms with Crippen LogP contribution in [0, 0.1) is 0 Å². The Labute approximate surface area is 224 Å². The van der Waals surface area contributed by atoms with E-state index in [-0.39, 0.29) is 5.91 Å². The zero-order valence-corrected chi connectivity index (χ0v) is 21.7. The first-order chi connectivity index (χ1) is 18.4. The Morgan fingerprint density at radius 1 is 1.03 bits per heavy atom. The van der Waals surface area contributed by atoms with E-state index in [0.717, 1.165) is 46.5 Å². The molecule has 1 aliphatic heterocycles. The Kier molecular flexibility index (Phi) is 6.04. The van der Waals surface area contributed by atoms with E-state index in [1.54, 1.807) is 16.8 Å². The Morgan fingerprint density at radius 2 is 1.84 bits per heavy atom. The molecule has 2 heterocycles. The molecule has 192 valence electrons. The number of aromatic nitrogens is 2. The molecule has 1 aromatic heterocycles. The van der Waals surface area contributed by atoms with E-state index < -0.39 is 0 Å². The number of aldehydes is 1. The molecule has 38 heavy (non-hydrogen) atoms. The summed E-state index contributed by atoms with van der Waals surface area (Å²) in [5.74, 6) is 1.02. The number of amides is 1. The number of ether oxygens (including phenoxy) is 2. The summed E-state index contributed by atoms with van der Waals surface area (Å²) < 4.78 is 13.2. The molecule has 0 spiro atoms. The SMILES string of the molecule is CN(C)c1ccc(Cl)c(C(=O)Nc2ccc3c(c2)-c2c(c(C=O)nn2-c2ccc4c(c2)OCCO4)CC3)c1. The summed E-state index contributed by atoms with van der Waals surface area (Å²) in [5, 5.41) is 8.01. The monoisotopic (exact) mass is 528 g/mol. The zero-order valence-electron chi connectivity index (χ0n) is 21.0. The predicted octanol–water partition coefficient (Wildman–Crippen LogP) is 5.19. The molecule has 0 radical (unpaired) electrons. The van der Waals surface area contributed by atoms with Gasteiger partial charge in [-0.3, -0.25) is 9.59 Å². The van der Waals surface area contributed by atoms with E-state index in [0.29, 0.717) is 53.1 Å². The summed E-state index contributed by atoms with van der Waals surface area (Å²) >= 11 is 6.36. The van der Waals surface area contributed by atoms with Crippen molar-refractivity contribution in [1.29, 1.82) is 0 Å². The number of rotatable bonds is 5. The van der Waals surface area contributed by atoms with Crippen LogP contribution in [0.15, 0.2) is 54.6 Å². The highest BCUT2D eigenvalue weighted by Gasteiger charge is 2.27. The van der Waals surface area contributed by atoms with Crippen LogP contribution < -0.4 is 19.7 Å². The van der Waals surface area contributed by atoms with Crippen molar-refractivity contribution in [2.24, 2.45) is 0 Å². The van der Waals surface area contributed by atoms with Gasteiger partial charge in [0.25, 0.3) is 5.91 Å². The van der Waals surface area contributed by atoms with E-state index in [1.165, 1.54) is 0 Å². The number of halogens is 1. The van der Waals surface area contributed by atoms with Crippen LogP contribution in [0.1, 0.15) is 32.0 Å². The maximum absolute atomic E-state index is 13.2. The number of hydrogen-bond donors (Lipinski definition) is 1. The van der Waals surface area contributed by atoms with Crippen molar-refractivity contribution < 1.29 is 19.1 Å². The number of aryl methyl sites for hydroxylation is 1. The van der Waals surface area contributed by atoms with Gasteiger partial charge in [0.15, 0.2) is 17.8 Å². The Hall–Kier alpha value is -4.30. The van der Waals surface area contributed by atoms with Gasteiger partial charge in [-0.25, -0.2) is 4.68 Å². The smallest absolute Gasteiger partial charge is 0.257 e. The maximum atomic E-state index is 13.2. The van der Waals surface area contributed by atoms with Gasteiger partial charge < -0.3 is 19.7 Å². The number of benzene rings is 3. The minimum absolute atomic E-state index is 0.302. The van der Waals surface area contributed by atoms with Gasteiger partial charge in [-0.15, -0.1) is 0 Å². The van der Waals surface area contributed by atoms with E-state index in [2.05, 4.69) is 10.4 Å². The molecule has 8 nitrogen and oxygen atoms in total. The Balaban J connectivity index is 1.40. The van der Waals surface area contributed by atoms with Gasteiger partial charge >= 0.3 is 0 Å². The van der Waals surface area contributed by atoms with Crippen molar-refractivity contribution >= 4 is 35.2 Å². The number of carbonyl (C=O) groups is 2. The minimum atomic E-state index is -0.302. The molecule has 0 unspecified atom stereocenters. The van der Waals surface area contributed by atoms with Crippen LogP contribution in [0.4, 0.5) is 11.4 Å². The number of anilines is 2. The molecule has 9 heteroatoms. The van der Waals surface area contributed by atoms with Gasteiger partial charge in [0, 0.05) is 42.7 Å². The quantitative estimate of drug-likeness (QED) is 0.359. The lowest BCUT2D eigenvalue weighted by molar-refractivity contribution is 0.102. The number of carbonyl (C=O) groups excluding carboxylic acids is 2. The predicted molar refractivity (Wildman–Crippen MR) is 147 cm³/mol. The summed E-state index contributed by atoms with van der Waals surface area (Å²) in [4.78, 5) is 27.1. The van der Waals surface area contributed by atoms with Crippen molar-refractivity contribution in [3.63, 3.8) is 0 Å². The van der Waals surface area contributed by atoms with Crippen molar-refractivity contribution in [3.8, 4) is 28.4 Å². The molecule has 0 saturated heterocycles. The number of hydrogen-bond acceptors (Lipinski definition) is 6. The summed E-state index contributed by atoms with van der Waals surface area (Å²) in [6.07, 6.45) is 2.25. The van der Waals surface area contributed by atoms with E-state index in [1.807, 2.05) is 61.5 Å². The van der Waals surface area contributed by atoms with E-state index >= 15 is 0 Å². The van der Waals surface area contributed by atoms with Gasteiger partial charge in [0.05, 0.1) is 22.0 Å². The first-order valence-corrected chi connectivity index (χ1v) is 12.7. The summed E-state index contributed by atoms with van der Waals surface area (Å²) in [6.45, 7) is 0.978. The second-order valence-corrected chi connectivity index (χ2v) is 9.86. The second-order valence-electron chi connectivity index (χ2n) is 9.45. The highest BCUT2D eigenvalue weighted by Crippen LogP contribution is 2.40. The average Bonchev–Trinajstić information content (AvgIpc) is 3.32. The zero-order chi connectivity index (χ0) is 26.4. The molecule has 6 rings (SSSR count). The van der Waals surface area contributed by atoms with Crippen LogP contribution in [0.25, 0.3) is 16.9 Å². The summed E-state index contributed by atoms with van der Waals surface area (Å²) in [6, 6.07) is 16.8. The van der Waals surface area contributed by atoms with Gasteiger partial charge in [0.2, 0.25) is 0 Å². The van der Waals surface area contributed by atoms with Gasteiger partial charge in [-0.2, -0.15) is 5.10 Å². The standard InChI is InChI=1S/C29H25ClN4O4/c1-33(2)19-6-9-24(30)23(14-19)29(36)31-18-5-3-17-4-8-21-25(16-35)32-34(28(21)22(17)13-18)20-7-10-26-27(15-20)38-12-11-37-26/h3,5-7,9-10,13-16H,4,8,11-12H2,1-2H3,(H,31,36). The van der Waals surface area contributed by atoms with Crippen molar-refractivity contribution in [2.75, 3.05) is 37.5 Å². The Morgan fingerprint density at radius 3 is 2.63 bits per heavy atom. The first kappa shape index (κ1) is 24.1. The molecular weight excluding hydrogens is 504 g/mol. The Bertz CT molecular complexity index is 1590. The molecule has 2 aliphatic rings. The number of fused-ring (bicyclic) bond motifs is 4. The second kappa shape index (κ2) is 9.54. The van der Waals surface area contributed by atoms with Crippen molar-refractivity contribution in [1.82, 2.24) is 9.78 Å². The third kappa shape index (κ3) is 4.16. The molecule has 4 aromatic rings. The van der Waals surface area contributed by atoms with Crippen LogP contribution in [0.5, 0.6) is 11.5 Å². The largest absolute Gasteiger partial charge is 0.486 e. The van der Waals surface area contributed by atoms with E-state index in [4.69, 9.17) is 21.1 Å². The normalized spacial score (nSPS) is 13.3. The van der Waals surface area contributed by atoms with Gasteiger partial charge in [-0.1, -0.05) is 17.7 Å².